The molecule has 1 aromatic carbocycles. The van der Waals surface area contributed by atoms with Gasteiger partial charge in [-0.05, 0) is 49.4 Å². The molecule has 40 heavy (non-hydrogen) atoms. The first-order chi connectivity index (χ1) is 19.2. The summed E-state index contributed by atoms with van der Waals surface area (Å²) in [5.74, 6) is 0.999. The number of halogens is 4. The average molecular weight is 598 g/mol. The van der Waals surface area contributed by atoms with Gasteiger partial charge in [0.2, 0.25) is 17.6 Å². The Labute approximate surface area is 235 Å². The van der Waals surface area contributed by atoms with E-state index in [0.29, 0.717) is 46.9 Å². The van der Waals surface area contributed by atoms with Crippen molar-refractivity contribution in [3.63, 3.8) is 0 Å². The van der Waals surface area contributed by atoms with Crippen LogP contribution in [0, 0.1) is 11.8 Å². The third-order valence-corrected chi connectivity index (χ3v) is 10.6. The van der Waals surface area contributed by atoms with Crippen LogP contribution in [0.25, 0.3) is 20.8 Å². The number of ether oxygens (including phenoxy) is 1. The van der Waals surface area contributed by atoms with Gasteiger partial charge < -0.3 is 25.2 Å². The number of fused-ring (bicyclic) bond motifs is 3. The molecule has 4 aliphatic heterocycles. The summed E-state index contributed by atoms with van der Waals surface area (Å²) in [5, 5.41) is 13.9. The molecule has 8 nitrogen and oxygen atoms in total. The first-order valence-electron chi connectivity index (χ1n) is 13.4. The molecule has 4 saturated heterocycles. The molecule has 2 bridgehead atoms. The maximum atomic E-state index is 15.7. The SMILES string of the molecule is O=C1CCC(c2nc(-c3sc4c(NC5CC6CC(C7COC7)CC(N6)C5F)cccc4c3SC(F)(F)F)no2)N1. The van der Waals surface area contributed by atoms with Gasteiger partial charge in [-0.1, -0.05) is 17.3 Å². The largest absolute Gasteiger partial charge is 0.446 e. The van der Waals surface area contributed by atoms with Crippen molar-refractivity contribution in [3.8, 4) is 10.7 Å². The highest BCUT2D eigenvalue weighted by Gasteiger charge is 2.46. The molecule has 1 amide bonds. The summed E-state index contributed by atoms with van der Waals surface area (Å²) in [6.45, 7) is 1.50. The minimum Gasteiger partial charge on any atom is -0.381 e. The van der Waals surface area contributed by atoms with Crippen molar-refractivity contribution in [2.45, 2.75) is 72.8 Å². The molecule has 0 saturated carbocycles. The van der Waals surface area contributed by atoms with Crippen LogP contribution in [0.2, 0.25) is 0 Å². The summed E-state index contributed by atoms with van der Waals surface area (Å²) in [6, 6.07) is 4.07. The number of rotatable bonds is 6. The Morgan fingerprint density at radius 1 is 1.15 bits per heavy atom. The van der Waals surface area contributed by atoms with Gasteiger partial charge in [0.05, 0.1) is 34.5 Å². The van der Waals surface area contributed by atoms with Crippen LogP contribution in [0.15, 0.2) is 27.6 Å². The number of nitrogens with one attached hydrogen (secondary N) is 3. The number of carbonyl (C=O) groups excluding carboxylic acids is 1. The molecule has 2 aromatic heterocycles. The Bertz CT molecular complexity index is 1430. The Morgan fingerprint density at radius 2 is 2.00 bits per heavy atom. The number of amides is 1. The van der Waals surface area contributed by atoms with Crippen molar-refractivity contribution in [1.82, 2.24) is 20.8 Å². The molecule has 6 heterocycles. The van der Waals surface area contributed by atoms with Gasteiger partial charge in [0.1, 0.15) is 12.2 Å². The molecule has 4 fully saturated rings. The summed E-state index contributed by atoms with van der Waals surface area (Å²) in [4.78, 5) is 16.2. The lowest BCUT2D eigenvalue weighted by molar-refractivity contribution is -0.119. The summed E-state index contributed by atoms with van der Waals surface area (Å²) in [5.41, 5.74) is -3.96. The molecule has 0 spiro atoms. The molecule has 0 radical (unpaired) electrons. The highest BCUT2D eigenvalue weighted by atomic mass is 32.2. The Kier molecular flexibility index (Phi) is 6.71. The van der Waals surface area contributed by atoms with Crippen LogP contribution in [-0.2, 0) is 9.53 Å². The second-order valence-electron chi connectivity index (χ2n) is 11.0. The molecule has 214 valence electrons. The van der Waals surface area contributed by atoms with Gasteiger partial charge in [-0.25, -0.2) is 4.39 Å². The van der Waals surface area contributed by atoms with E-state index in [1.165, 1.54) is 0 Å². The lowest BCUT2D eigenvalue weighted by Gasteiger charge is -2.49. The van der Waals surface area contributed by atoms with Crippen molar-refractivity contribution in [2.24, 2.45) is 11.8 Å². The number of alkyl halides is 4. The fraction of sp³-hybridized carbons (Fsp3) is 0.577. The van der Waals surface area contributed by atoms with E-state index in [1.54, 1.807) is 18.2 Å². The minimum absolute atomic E-state index is 0.0245. The fourth-order valence-electron chi connectivity index (χ4n) is 6.42. The maximum absolute atomic E-state index is 15.7. The number of piperidine rings is 2. The molecule has 7 rings (SSSR count). The topological polar surface area (TPSA) is 101 Å². The smallest absolute Gasteiger partial charge is 0.381 e. The van der Waals surface area contributed by atoms with Crippen LogP contribution in [0.3, 0.4) is 0 Å². The molecule has 0 aliphatic carbocycles. The predicted molar refractivity (Wildman–Crippen MR) is 142 cm³/mol. The van der Waals surface area contributed by atoms with E-state index in [4.69, 9.17) is 9.26 Å². The predicted octanol–water partition coefficient (Wildman–Crippen LogP) is 5.42. The number of aromatic nitrogens is 2. The Morgan fingerprint density at radius 3 is 2.73 bits per heavy atom. The highest BCUT2D eigenvalue weighted by molar-refractivity contribution is 8.00. The number of hydrogen-bond donors (Lipinski definition) is 3. The second kappa shape index (κ2) is 10.1. The molecule has 14 heteroatoms. The summed E-state index contributed by atoms with van der Waals surface area (Å²) in [7, 11) is 0. The van der Waals surface area contributed by atoms with E-state index in [0.717, 1.165) is 37.4 Å². The van der Waals surface area contributed by atoms with Crippen LogP contribution in [-0.4, -0.2) is 59.1 Å². The molecule has 4 aliphatic rings. The van der Waals surface area contributed by atoms with E-state index in [9.17, 15) is 18.0 Å². The normalized spacial score (nSPS) is 30.9. The average Bonchev–Trinajstić information content (AvgIpc) is 3.60. The number of anilines is 1. The molecular formula is C26H27F4N5O3S2. The van der Waals surface area contributed by atoms with Crippen molar-refractivity contribution in [3.05, 3.63) is 24.1 Å². The molecular weight excluding hydrogens is 570 g/mol. The Balaban J connectivity index is 1.19. The van der Waals surface area contributed by atoms with Crippen molar-refractivity contribution < 1.29 is 31.6 Å². The number of carbonyl (C=O) groups is 1. The van der Waals surface area contributed by atoms with Gasteiger partial charge in [-0.3, -0.25) is 4.79 Å². The first-order valence-corrected chi connectivity index (χ1v) is 15.0. The van der Waals surface area contributed by atoms with Crippen molar-refractivity contribution >= 4 is 44.8 Å². The second-order valence-corrected chi connectivity index (χ2v) is 13.1. The first kappa shape index (κ1) is 26.5. The van der Waals surface area contributed by atoms with Crippen molar-refractivity contribution in [2.75, 3.05) is 18.5 Å². The number of benzene rings is 1. The van der Waals surface area contributed by atoms with Gasteiger partial charge in [0, 0.05) is 34.7 Å². The summed E-state index contributed by atoms with van der Waals surface area (Å²) in [6.07, 6.45) is 1.96. The minimum atomic E-state index is -4.54. The lowest BCUT2D eigenvalue weighted by Crippen LogP contribution is -2.62. The van der Waals surface area contributed by atoms with Crippen LogP contribution in [0.5, 0.6) is 0 Å². The van der Waals surface area contributed by atoms with E-state index >= 15 is 4.39 Å². The summed E-state index contributed by atoms with van der Waals surface area (Å²) >= 11 is 0.896. The van der Waals surface area contributed by atoms with Gasteiger partial charge in [0.15, 0.2) is 0 Å². The number of thiophene rings is 1. The number of nitrogens with zero attached hydrogens (tertiary/aromatic N) is 2. The zero-order valence-corrected chi connectivity index (χ0v) is 22.8. The lowest BCUT2D eigenvalue weighted by atomic mass is 9.72. The van der Waals surface area contributed by atoms with E-state index < -0.39 is 23.8 Å². The third kappa shape index (κ3) is 4.96. The molecule has 3 aromatic rings. The standard InChI is InChI=1S/C26H27F4N5O3S2/c27-20-17-7-11(12-9-37-10-12)6-13(31-17)8-18(20)32-15-3-1-2-14-21(15)39-23(22(14)40-26(28,29)30)24-34-25(38-35-24)16-4-5-19(36)33-16/h1-3,11-13,16-18,20,31-32H,4-10H2,(H,33,36). The number of hydrogen-bond acceptors (Lipinski definition) is 9. The van der Waals surface area contributed by atoms with E-state index in [-0.39, 0.29) is 51.2 Å². The highest BCUT2D eigenvalue weighted by Crippen LogP contribution is 2.51. The third-order valence-electron chi connectivity index (χ3n) is 8.40. The van der Waals surface area contributed by atoms with E-state index in [1.807, 2.05) is 0 Å². The van der Waals surface area contributed by atoms with Gasteiger partial charge >= 0.3 is 5.51 Å². The zero-order chi connectivity index (χ0) is 27.6. The maximum Gasteiger partial charge on any atom is 0.446 e. The Hall–Kier alpha value is -2.42. The monoisotopic (exact) mass is 597 g/mol. The zero-order valence-electron chi connectivity index (χ0n) is 21.2. The summed E-state index contributed by atoms with van der Waals surface area (Å²) < 4.78 is 68.1. The quantitative estimate of drug-likeness (QED) is 0.256. The number of thioether (sulfide) groups is 1. The van der Waals surface area contributed by atoms with E-state index in [2.05, 4.69) is 26.1 Å². The van der Waals surface area contributed by atoms with Gasteiger partial charge in [-0.15, -0.1) is 11.3 Å². The molecule has 6 atom stereocenters. The van der Waals surface area contributed by atoms with Crippen LogP contribution >= 0.6 is 23.1 Å². The fourth-order valence-corrected chi connectivity index (χ4v) is 8.53. The van der Waals surface area contributed by atoms with Crippen LogP contribution in [0.1, 0.15) is 44.0 Å². The van der Waals surface area contributed by atoms with Gasteiger partial charge in [-0.2, -0.15) is 18.2 Å². The van der Waals surface area contributed by atoms with Crippen LogP contribution < -0.4 is 16.0 Å². The molecule has 3 N–H and O–H groups in total. The van der Waals surface area contributed by atoms with Crippen LogP contribution in [0.4, 0.5) is 23.2 Å². The van der Waals surface area contributed by atoms with Gasteiger partial charge in [0.25, 0.3) is 0 Å². The van der Waals surface area contributed by atoms with Crippen molar-refractivity contribution in [1.29, 1.82) is 0 Å². The molecule has 6 unspecified atom stereocenters.